The van der Waals surface area contributed by atoms with Crippen LogP contribution in [0, 0.1) is 37.6 Å². The Morgan fingerprint density at radius 1 is 1.14 bits per heavy atom. The van der Waals surface area contributed by atoms with E-state index < -0.39 is 28.0 Å². The zero-order valence-electron chi connectivity index (χ0n) is 9.89. The normalized spacial score (nSPS) is 10.0. The van der Waals surface area contributed by atoms with E-state index in [0.717, 1.165) is 6.07 Å². The smallest absolute Gasteiger partial charge is 0.344 e. The van der Waals surface area contributed by atoms with Crippen LogP contribution in [-0.4, -0.2) is 0 Å². The second-order valence-corrected chi connectivity index (χ2v) is 5.09. The van der Waals surface area contributed by atoms with Gasteiger partial charge in [0.1, 0.15) is 23.9 Å². The first-order valence-corrected chi connectivity index (χ1v) is 6.48. The number of hydrogen-bond donors (Lipinski definition) is 1. The molecule has 0 saturated carbocycles. The highest BCUT2D eigenvalue weighted by Crippen LogP contribution is 2.38. The van der Waals surface area contributed by atoms with Crippen molar-refractivity contribution in [1.82, 2.24) is 0 Å². The highest BCUT2D eigenvalue weighted by Gasteiger charge is 2.34. The van der Waals surface area contributed by atoms with Gasteiger partial charge >= 0.3 is 6.18 Å². The Balaban J connectivity index is 3.41. The molecule has 1 N–H and O–H groups in total. The number of allylic oxidation sites excluding steroid dienone is 2. The van der Waals surface area contributed by atoms with Gasteiger partial charge < -0.3 is 5.32 Å². The lowest BCUT2D eigenvalue weighted by Gasteiger charge is -2.13. The molecule has 9 heteroatoms. The van der Waals surface area contributed by atoms with Crippen molar-refractivity contribution in [1.29, 1.82) is 15.8 Å². The first kappa shape index (κ1) is 17.1. The number of nitrogens with one attached hydrogen (secondary N) is 1. The fourth-order valence-electron chi connectivity index (χ4n) is 1.28. The molecule has 4 nitrogen and oxygen atoms in total. The molecule has 106 valence electrons. The lowest BCUT2D eigenvalue weighted by atomic mass is 10.1. The van der Waals surface area contributed by atoms with Gasteiger partial charge in [-0.15, -0.1) is 0 Å². The summed E-state index contributed by atoms with van der Waals surface area (Å²) in [5, 5.41) is 28.1. The summed E-state index contributed by atoms with van der Waals surface area (Å²) in [6.07, 6.45) is -4.67. The number of alkyl halides is 3. The maximum absolute atomic E-state index is 12.8. The van der Waals surface area contributed by atoms with Crippen LogP contribution in [0.15, 0.2) is 23.4 Å². The van der Waals surface area contributed by atoms with E-state index in [2.05, 4.69) is 5.32 Å². The minimum Gasteiger partial charge on any atom is -0.344 e. The number of nitrogens with zero attached hydrogens (tertiary/aromatic N) is 3. The van der Waals surface area contributed by atoms with Crippen molar-refractivity contribution < 1.29 is 13.2 Å². The predicted molar refractivity (Wildman–Crippen MR) is 76.7 cm³/mol. The zero-order chi connectivity index (χ0) is 16.2. The van der Waals surface area contributed by atoms with Gasteiger partial charge in [-0.2, -0.15) is 29.0 Å². The third-order valence-corrected chi connectivity index (χ3v) is 3.41. The van der Waals surface area contributed by atoms with E-state index in [0.29, 0.717) is 9.64 Å². The number of anilines is 1. The third kappa shape index (κ3) is 4.01. The van der Waals surface area contributed by atoms with Gasteiger partial charge in [-0.05, 0) is 34.7 Å². The first-order chi connectivity index (χ1) is 9.74. The molecule has 0 heterocycles. The number of hydrogen-bond acceptors (Lipinski definition) is 4. The van der Waals surface area contributed by atoms with E-state index >= 15 is 0 Å². The fraction of sp³-hybridized carbons (Fsp3) is 0.0833. The summed E-state index contributed by atoms with van der Waals surface area (Å²) in [5.41, 5.74) is -2.13. The Bertz CT molecular complexity index is 719. The van der Waals surface area contributed by atoms with E-state index in [1.807, 2.05) is 0 Å². The molecule has 0 spiro atoms. The molecule has 0 unspecified atom stereocenters. The number of benzene rings is 1. The second-order valence-electron chi connectivity index (χ2n) is 3.52. The van der Waals surface area contributed by atoms with Gasteiger partial charge in [0.05, 0.1) is 16.3 Å². The predicted octanol–water partition coefficient (Wildman–Crippen LogP) is 4.20. The van der Waals surface area contributed by atoms with Gasteiger partial charge in [0.15, 0.2) is 5.57 Å². The molecular formula is C12H3ClF3IN4. The summed E-state index contributed by atoms with van der Waals surface area (Å²) in [6.45, 7) is 0. The topological polar surface area (TPSA) is 83.4 Å². The molecule has 0 aliphatic rings. The SMILES string of the molecule is N#CC(C#N)=C(C#N)Nc1cc(C(F)(F)F)c(Cl)cc1I. The van der Waals surface area contributed by atoms with E-state index in [4.69, 9.17) is 27.4 Å². The largest absolute Gasteiger partial charge is 0.417 e. The molecule has 0 aliphatic carbocycles. The van der Waals surface area contributed by atoms with Crippen LogP contribution in [0.4, 0.5) is 18.9 Å². The van der Waals surface area contributed by atoms with Gasteiger partial charge in [-0.1, -0.05) is 11.6 Å². The highest BCUT2D eigenvalue weighted by molar-refractivity contribution is 14.1. The average molecular weight is 423 g/mol. The standard InChI is InChI=1S/C12H3ClF3IN4/c13-8-2-9(17)10(1-7(8)12(14,15)16)21-11(5-20)6(3-18)4-19/h1-2,21H. The quantitative estimate of drug-likeness (QED) is 0.572. The molecular weight excluding hydrogens is 420 g/mol. The number of nitriles is 3. The van der Waals surface area contributed by atoms with Gasteiger partial charge in [0, 0.05) is 3.57 Å². The van der Waals surface area contributed by atoms with Gasteiger partial charge in [0.25, 0.3) is 0 Å². The van der Waals surface area contributed by atoms with E-state index in [1.165, 1.54) is 12.1 Å². The summed E-state index contributed by atoms with van der Waals surface area (Å²) >= 11 is 7.26. The van der Waals surface area contributed by atoms with Crippen LogP contribution in [0.3, 0.4) is 0 Å². The zero-order valence-corrected chi connectivity index (χ0v) is 12.8. The molecule has 0 amide bonds. The van der Waals surface area contributed by atoms with Crippen molar-refractivity contribution in [3.05, 3.63) is 37.6 Å². The van der Waals surface area contributed by atoms with Crippen LogP contribution < -0.4 is 5.32 Å². The minimum absolute atomic E-state index is 0.0770. The summed E-state index contributed by atoms with van der Waals surface area (Å²) in [7, 11) is 0. The van der Waals surface area contributed by atoms with E-state index in [1.54, 1.807) is 28.7 Å². The van der Waals surface area contributed by atoms with Gasteiger partial charge in [-0.3, -0.25) is 0 Å². The molecule has 1 aromatic carbocycles. The Hall–Kier alpha value is -1.96. The minimum atomic E-state index is -4.67. The molecule has 21 heavy (non-hydrogen) atoms. The molecule has 0 saturated heterocycles. The molecule has 0 fully saturated rings. The van der Waals surface area contributed by atoms with E-state index in [-0.39, 0.29) is 5.69 Å². The van der Waals surface area contributed by atoms with Crippen molar-refractivity contribution in [2.24, 2.45) is 0 Å². The second kappa shape index (κ2) is 6.66. The van der Waals surface area contributed by atoms with Crippen LogP contribution in [0.1, 0.15) is 5.56 Å². The van der Waals surface area contributed by atoms with Crippen molar-refractivity contribution in [3.8, 4) is 18.2 Å². The van der Waals surface area contributed by atoms with Crippen molar-refractivity contribution in [2.45, 2.75) is 6.18 Å². The number of rotatable bonds is 2. The third-order valence-electron chi connectivity index (χ3n) is 2.21. The summed E-state index contributed by atoms with van der Waals surface area (Å²) in [5.74, 6) is 0. The molecule has 0 bridgehead atoms. The highest BCUT2D eigenvalue weighted by atomic mass is 127. The molecule has 1 rings (SSSR count). The van der Waals surface area contributed by atoms with Gasteiger partial charge in [-0.25, -0.2) is 0 Å². The number of halogens is 5. The lowest BCUT2D eigenvalue weighted by Crippen LogP contribution is -2.09. The van der Waals surface area contributed by atoms with Crippen LogP contribution in [-0.2, 0) is 6.18 Å². The monoisotopic (exact) mass is 422 g/mol. The van der Waals surface area contributed by atoms with Crippen LogP contribution >= 0.6 is 34.2 Å². The Morgan fingerprint density at radius 3 is 2.14 bits per heavy atom. The van der Waals surface area contributed by atoms with Crippen molar-refractivity contribution >= 4 is 39.9 Å². The summed E-state index contributed by atoms with van der Waals surface area (Å²) in [4.78, 5) is 0. The maximum Gasteiger partial charge on any atom is 0.417 e. The van der Waals surface area contributed by atoms with E-state index in [9.17, 15) is 13.2 Å². The Kier molecular flexibility index (Phi) is 5.42. The van der Waals surface area contributed by atoms with Crippen molar-refractivity contribution in [2.75, 3.05) is 5.32 Å². The summed E-state index contributed by atoms with van der Waals surface area (Å²) < 4.78 is 38.6. The molecule has 0 atom stereocenters. The molecule has 0 aliphatic heterocycles. The fourth-order valence-corrected chi connectivity index (χ4v) is 2.34. The first-order valence-electron chi connectivity index (χ1n) is 5.02. The van der Waals surface area contributed by atoms with Gasteiger partial charge in [0.2, 0.25) is 0 Å². The maximum atomic E-state index is 12.8. The lowest BCUT2D eigenvalue weighted by molar-refractivity contribution is -0.137. The Labute approximate surface area is 136 Å². The van der Waals surface area contributed by atoms with Crippen LogP contribution in [0.25, 0.3) is 0 Å². The van der Waals surface area contributed by atoms with Crippen molar-refractivity contribution in [3.63, 3.8) is 0 Å². The van der Waals surface area contributed by atoms with Crippen LogP contribution in [0.5, 0.6) is 0 Å². The molecule has 0 radical (unpaired) electrons. The molecule has 1 aromatic rings. The summed E-state index contributed by atoms with van der Waals surface area (Å²) in [6, 6.07) is 6.31. The average Bonchev–Trinajstić information content (AvgIpc) is 2.39. The Morgan fingerprint density at radius 2 is 1.71 bits per heavy atom. The molecule has 0 aromatic heterocycles. The van der Waals surface area contributed by atoms with Crippen LogP contribution in [0.2, 0.25) is 5.02 Å².